The van der Waals surface area contributed by atoms with Crippen LogP contribution in [0.5, 0.6) is 0 Å². The maximum atomic E-state index is 5.61. The molecule has 5 nitrogen and oxygen atoms in total. The number of nitrogens with zero attached hydrogens (tertiary/aromatic N) is 4. The fraction of sp³-hybridized carbons (Fsp3) is 0.100. The van der Waals surface area contributed by atoms with Crippen molar-refractivity contribution >= 4 is 22.1 Å². The maximum Gasteiger partial charge on any atom is 0.194 e. The molecule has 2 N–H and O–H groups in total. The summed E-state index contributed by atoms with van der Waals surface area (Å²) in [6, 6.07) is 0. The van der Waals surface area contributed by atoms with Gasteiger partial charge in [-0.15, -0.1) is 11.3 Å². The van der Waals surface area contributed by atoms with E-state index in [1.807, 2.05) is 17.5 Å². The van der Waals surface area contributed by atoms with E-state index in [-0.39, 0.29) is 0 Å². The highest BCUT2D eigenvalue weighted by Crippen LogP contribution is 2.23. The first-order chi connectivity index (χ1) is 7.74. The molecule has 0 spiro atoms. The van der Waals surface area contributed by atoms with Gasteiger partial charge in [-0.05, 0) is 6.92 Å². The minimum atomic E-state index is 0.416. The van der Waals surface area contributed by atoms with E-state index in [9.17, 15) is 0 Å². The van der Waals surface area contributed by atoms with Crippen LogP contribution in [0.1, 0.15) is 4.88 Å². The van der Waals surface area contributed by atoms with Crippen LogP contribution in [0.4, 0.5) is 5.82 Å². The Morgan fingerprint density at radius 3 is 3.00 bits per heavy atom. The van der Waals surface area contributed by atoms with E-state index in [0.717, 1.165) is 16.3 Å². The Labute approximate surface area is 95.6 Å². The third-order valence-corrected chi connectivity index (χ3v) is 3.15. The van der Waals surface area contributed by atoms with E-state index < -0.39 is 0 Å². The predicted octanol–water partition coefficient (Wildman–Crippen LogP) is 1.74. The number of imidazole rings is 1. The summed E-state index contributed by atoms with van der Waals surface area (Å²) in [7, 11) is 0. The van der Waals surface area contributed by atoms with Gasteiger partial charge in [-0.2, -0.15) is 0 Å². The highest BCUT2D eigenvalue weighted by atomic mass is 32.1. The summed E-state index contributed by atoms with van der Waals surface area (Å²) >= 11 is 1.64. The summed E-state index contributed by atoms with van der Waals surface area (Å²) in [5.41, 5.74) is 7.27. The molecule has 0 fully saturated rings. The lowest BCUT2D eigenvalue weighted by atomic mass is 10.3. The van der Waals surface area contributed by atoms with Crippen LogP contribution < -0.4 is 5.73 Å². The van der Waals surface area contributed by atoms with Gasteiger partial charge >= 0.3 is 0 Å². The van der Waals surface area contributed by atoms with Crippen LogP contribution in [0.25, 0.3) is 16.3 Å². The number of rotatable bonds is 1. The molecule has 0 saturated carbocycles. The summed E-state index contributed by atoms with van der Waals surface area (Å²) in [5.74, 6) is 0.416. The Balaban J connectivity index is 2.25. The summed E-state index contributed by atoms with van der Waals surface area (Å²) < 4.78 is 2.00. The van der Waals surface area contributed by atoms with Gasteiger partial charge in [-0.3, -0.25) is 9.38 Å². The Bertz CT molecular complexity index is 654. The number of nitrogen functional groups attached to an aromatic ring is 1. The number of hydrogen-bond acceptors (Lipinski definition) is 5. The average Bonchev–Trinajstić information content (AvgIpc) is 2.76. The molecule has 0 aliphatic carbocycles. The van der Waals surface area contributed by atoms with Gasteiger partial charge in [0.05, 0.1) is 24.3 Å². The number of aromatic nitrogens is 4. The number of thiazole rings is 1. The van der Waals surface area contributed by atoms with Crippen molar-refractivity contribution in [3.8, 4) is 11.4 Å². The molecule has 3 aromatic heterocycles. The van der Waals surface area contributed by atoms with E-state index in [1.54, 1.807) is 23.7 Å². The molecule has 0 aromatic carbocycles. The molecule has 0 unspecified atom stereocenters. The van der Waals surface area contributed by atoms with Crippen LogP contribution in [0.2, 0.25) is 0 Å². The van der Waals surface area contributed by atoms with Gasteiger partial charge in [0, 0.05) is 11.1 Å². The molecule has 0 amide bonds. The summed E-state index contributed by atoms with van der Waals surface area (Å²) in [4.78, 5) is 14.7. The van der Waals surface area contributed by atoms with Crippen LogP contribution in [-0.2, 0) is 0 Å². The van der Waals surface area contributed by atoms with Crippen molar-refractivity contribution < 1.29 is 0 Å². The topological polar surface area (TPSA) is 69.1 Å². The van der Waals surface area contributed by atoms with Gasteiger partial charge < -0.3 is 5.73 Å². The van der Waals surface area contributed by atoms with Crippen molar-refractivity contribution in [3.63, 3.8) is 0 Å². The number of anilines is 1. The molecular formula is C10H9N5S. The molecule has 0 bridgehead atoms. The Morgan fingerprint density at radius 2 is 2.19 bits per heavy atom. The molecule has 80 valence electrons. The molecular weight excluding hydrogens is 222 g/mol. The smallest absolute Gasteiger partial charge is 0.194 e. The molecule has 16 heavy (non-hydrogen) atoms. The molecule has 3 heterocycles. The zero-order valence-electron chi connectivity index (χ0n) is 8.58. The number of nitrogens with two attached hydrogens (primary N) is 1. The summed E-state index contributed by atoms with van der Waals surface area (Å²) in [6.45, 7) is 2.05. The molecule has 0 radical (unpaired) electrons. The predicted molar refractivity (Wildman–Crippen MR) is 63.2 cm³/mol. The second-order valence-electron chi connectivity index (χ2n) is 3.47. The quantitative estimate of drug-likeness (QED) is 0.692. The van der Waals surface area contributed by atoms with Gasteiger partial charge in [0.2, 0.25) is 0 Å². The first kappa shape index (κ1) is 9.29. The Hall–Kier alpha value is -1.95. The summed E-state index contributed by atoms with van der Waals surface area (Å²) in [5, 5.41) is 0. The monoisotopic (exact) mass is 231 g/mol. The normalized spacial score (nSPS) is 11.1. The van der Waals surface area contributed by atoms with Crippen LogP contribution >= 0.6 is 11.3 Å². The Morgan fingerprint density at radius 1 is 1.31 bits per heavy atom. The van der Waals surface area contributed by atoms with Gasteiger partial charge in [-0.25, -0.2) is 9.97 Å². The second-order valence-corrected chi connectivity index (χ2v) is 4.68. The third-order valence-electron chi connectivity index (χ3n) is 2.24. The van der Waals surface area contributed by atoms with Crippen LogP contribution in [0.15, 0.2) is 24.8 Å². The molecule has 3 aromatic rings. The minimum absolute atomic E-state index is 0.416. The number of aryl methyl sites for hydroxylation is 1. The standard InChI is InChI=1S/C10H9N5S/c1-6-5-15-8(3-13-10(15)16-6)7-2-12-4-9(11)14-7/h2-5H,1H3,(H2,11,14). The van der Waals surface area contributed by atoms with Gasteiger partial charge in [0.1, 0.15) is 11.5 Å². The first-order valence-corrected chi connectivity index (χ1v) is 5.57. The van der Waals surface area contributed by atoms with E-state index >= 15 is 0 Å². The molecule has 6 heteroatoms. The summed E-state index contributed by atoms with van der Waals surface area (Å²) in [6.07, 6.45) is 7.04. The minimum Gasteiger partial charge on any atom is -0.382 e. The van der Waals surface area contributed by atoms with Crippen LogP contribution in [0, 0.1) is 6.92 Å². The van der Waals surface area contributed by atoms with Crippen molar-refractivity contribution in [2.45, 2.75) is 6.92 Å². The fourth-order valence-corrected chi connectivity index (χ4v) is 2.39. The zero-order chi connectivity index (χ0) is 11.1. The van der Waals surface area contributed by atoms with Crippen LogP contribution in [-0.4, -0.2) is 19.4 Å². The first-order valence-electron chi connectivity index (χ1n) is 4.75. The van der Waals surface area contributed by atoms with Crippen molar-refractivity contribution in [2.24, 2.45) is 0 Å². The zero-order valence-corrected chi connectivity index (χ0v) is 9.40. The van der Waals surface area contributed by atoms with Gasteiger partial charge in [0.15, 0.2) is 4.96 Å². The Kier molecular flexibility index (Phi) is 1.90. The molecule has 0 aliphatic rings. The van der Waals surface area contributed by atoms with Gasteiger partial charge in [0.25, 0.3) is 0 Å². The lowest BCUT2D eigenvalue weighted by Crippen LogP contribution is -1.94. The average molecular weight is 231 g/mol. The highest BCUT2D eigenvalue weighted by molar-refractivity contribution is 7.17. The highest BCUT2D eigenvalue weighted by Gasteiger charge is 2.09. The largest absolute Gasteiger partial charge is 0.382 e. The van der Waals surface area contributed by atoms with E-state index in [0.29, 0.717) is 5.82 Å². The lowest BCUT2D eigenvalue weighted by Gasteiger charge is -1.98. The molecule has 0 saturated heterocycles. The van der Waals surface area contributed by atoms with Gasteiger partial charge in [-0.1, -0.05) is 0 Å². The lowest BCUT2D eigenvalue weighted by molar-refractivity contribution is 1.15. The number of fused-ring (bicyclic) bond motifs is 1. The van der Waals surface area contributed by atoms with Crippen LogP contribution in [0.3, 0.4) is 0 Å². The number of hydrogen-bond donors (Lipinski definition) is 1. The van der Waals surface area contributed by atoms with Crippen molar-refractivity contribution in [2.75, 3.05) is 5.73 Å². The van der Waals surface area contributed by atoms with Crippen molar-refractivity contribution in [1.82, 2.24) is 19.4 Å². The van der Waals surface area contributed by atoms with E-state index in [1.165, 1.54) is 11.1 Å². The molecule has 3 rings (SSSR count). The van der Waals surface area contributed by atoms with Crippen molar-refractivity contribution in [3.05, 3.63) is 29.7 Å². The van der Waals surface area contributed by atoms with E-state index in [4.69, 9.17) is 5.73 Å². The molecule has 0 aliphatic heterocycles. The third kappa shape index (κ3) is 1.35. The SMILES string of the molecule is Cc1cn2c(-c3cncc(N)n3)cnc2s1. The second kappa shape index (κ2) is 3.28. The maximum absolute atomic E-state index is 5.61. The van der Waals surface area contributed by atoms with Crippen molar-refractivity contribution in [1.29, 1.82) is 0 Å². The molecule has 0 atom stereocenters. The van der Waals surface area contributed by atoms with E-state index in [2.05, 4.69) is 15.0 Å². The fourth-order valence-electron chi connectivity index (χ4n) is 1.59.